The Morgan fingerprint density at radius 2 is 1.80 bits per heavy atom. The monoisotopic (exact) mass is 266 g/mol. The molecule has 1 aromatic heterocycles. The van der Waals surface area contributed by atoms with E-state index in [0.717, 1.165) is 17.7 Å². The number of hydrogen-bond acceptors (Lipinski definition) is 2. The maximum atomic E-state index is 10.3. The standard InChI is InChI=1S/C18H18O2/c1-2-15-10-11-18(20-15)17(19)12-14-8-5-7-13-6-3-4-9-16(13)14/h3-11,17,19H,2,12H2,1H3. The average molecular weight is 266 g/mol. The first-order chi connectivity index (χ1) is 9.78. The molecule has 0 amide bonds. The SMILES string of the molecule is CCc1ccc(C(O)Cc2cccc3ccccc23)o1. The zero-order valence-corrected chi connectivity index (χ0v) is 11.5. The van der Waals surface area contributed by atoms with Gasteiger partial charge in [-0.25, -0.2) is 0 Å². The molecule has 0 aliphatic heterocycles. The molecule has 1 atom stereocenters. The first kappa shape index (κ1) is 12.9. The topological polar surface area (TPSA) is 33.4 Å². The van der Waals surface area contributed by atoms with Gasteiger partial charge in [0.05, 0.1) is 0 Å². The molecule has 102 valence electrons. The lowest BCUT2D eigenvalue weighted by molar-refractivity contribution is 0.148. The zero-order chi connectivity index (χ0) is 13.9. The van der Waals surface area contributed by atoms with Crippen LogP contribution in [0.4, 0.5) is 0 Å². The quantitative estimate of drug-likeness (QED) is 0.765. The molecule has 0 spiro atoms. The molecule has 2 nitrogen and oxygen atoms in total. The van der Waals surface area contributed by atoms with Crippen LogP contribution in [-0.2, 0) is 12.8 Å². The van der Waals surface area contributed by atoms with Crippen LogP contribution in [0.2, 0.25) is 0 Å². The lowest BCUT2D eigenvalue weighted by Crippen LogP contribution is -2.01. The predicted molar refractivity (Wildman–Crippen MR) is 80.7 cm³/mol. The minimum absolute atomic E-state index is 0.567. The van der Waals surface area contributed by atoms with Crippen LogP contribution >= 0.6 is 0 Å². The second-order valence-electron chi connectivity index (χ2n) is 5.02. The second kappa shape index (κ2) is 5.51. The maximum absolute atomic E-state index is 10.3. The van der Waals surface area contributed by atoms with Crippen molar-refractivity contribution in [1.82, 2.24) is 0 Å². The van der Waals surface area contributed by atoms with Gasteiger partial charge in [-0.1, -0.05) is 49.4 Å². The average Bonchev–Trinajstić information content (AvgIpc) is 2.97. The molecule has 0 radical (unpaired) electrons. The highest BCUT2D eigenvalue weighted by Gasteiger charge is 2.14. The Kier molecular flexibility index (Phi) is 3.57. The molecule has 1 heterocycles. The van der Waals surface area contributed by atoms with Crippen molar-refractivity contribution in [1.29, 1.82) is 0 Å². The van der Waals surface area contributed by atoms with Gasteiger partial charge in [-0.05, 0) is 28.5 Å². The van der Waals surface area contributed by atoms with Gasteiger partial charge in [-0.3, -0.25) is 0 Å². The molecule has 3 aromatic rings. The van der Waals surface area contributed by atoms with Crippen LogP contribution in [0.3, 0.4) is 0 Å². The number of hydrogen-bond donors (Lipinski definition) is 1. The van der Waals surface area contributed by atoms with Crippen LogP contribution in [0.1, 0.15) is 30.1 Å². The predicted octanol–water partition coefficient (Wildman–Crippen LogP) is 4.27. The lowest BCUT2D eigenvalue weighted by Gasteiger charge is -2.10. The minimum atomic E-state index is -0.596. The summed E-state index contributed by atoms with van der Waals surface area (Å²) in [5.74, 6) is 1.56. The van der Waals surface area contributed by atoms with Crippen molar-refractivity contribution >= 4 is 10.8 Å². The molecule has 1 N–H and O–H groups in total. The van der Waals surface area contributed by atoms with Crippen molar-refractivity contribution < 1.29 is 9.52 Å². The fraction of sp³-hybridized carbons (Fsp3) is 0.222. The van der Waals surface area contributed by atoms with Gasteiger partial charge in [0.25, 0.3) is 0 Å². The highest BCUT2D eigenvalue weighted by Crippen LogP contribution is 2.25. The largest absolute Gasteiger partial charge is 0.463 e. The summed E-state index contributed by atoms with van der Waals surface area (Å²) in [6.07, 6.45) is 0.819. The summed E-state index contributed by atoms with van der Waals surface area (Å²) in [6.45, 7) is 2.04. The summed E-state index contributed by atoms with van der Waals surface area (Å²) in [7, 11) is 0. The third kappa shape index (κ3) is 2.47. The molecule has 0 aliphatic rings. The van der Waals surface area contributed by atoms with Crippen LogP contribution in [0, 0.1) is 0 Å². The van der Waals surface area contributed by atoms with E-state index in [9.17, 15) is 5.11 Å². The molecule has 20 heavy (non-hydrogen) atoms. The molecule has 3 rings (SSSR count). The first-order valence-corrected chi connectivity index (χ1v) is 7.01. The third-order valence-corrected chi connectivity index (χ3v) is 3.65. The molecule has 0 bridgehead atoms. The van der Waals surface area contributed by atoms with Crippen LogP contribution in [0.5, 0.6) is 0 Å². The number of fused-ring (bicyclic) bond motifs is 1. The number of aryl methyl sites for hydroxylation is 1. The summed E-state index contributed by atoms with van der Waals surface area (Å²) in [5.41, 5.74) is 1.14. The fourth-order valence-corrected chi connectivity index (χ4v) is 2.54. The van der Waals surface area contributed by atoms with Gasteiger partial charge in [0.15, 0.2) is 0 Å². The van der Waals surface area contributed by atoms with E-state index in [0.29, 0.717) is 12.2 Å². The Morgan fingerprint density at radius 1 is 1.00 bits per heavy atom. The fourth-order valence-electron chi connectivity index (χ4n) is 2.54. The van der Waals surface area contributed by atoms with Gasteiger partial charge in [-0.2, -0.15) is 0 Å². The Balaban J connectivity index is 1.89. The summed E-state index contributed by atoms with van der Waals surface area (Å²) < 4.78 is 5.63. The number of aliphatic hydroxyl groups is 1. The Hall–Kier alpha value is -2.06. The number of benzene rings is 2. The first-order valence-electron chi connectivity index (χ1n) is 7.01. The van der Waals surface area contributed by atoms with Crippen LogP contribution in [0.25, 0.3) is 10.8 Å². The molecular weight excluding hydrogens is 248 g/mol. The Labute approximate surface area is 118 Å². The Bertz CT molecular complexity index is 707. The molecule has 0 saturated carbocycles. The minimum Gasteiger partial charge on any atom is -0.463 e. The number of rotatable bonds is 4. The maximum Gasteiger partial charge on any atom is 0.133 e. The smallest absolute Gasteiger partial charge is 0.133 e. The van der Waals surface area contributed by atoms with Crippen molar-refractivity contribution in [2.24, 2.45) is 0 Å². The van der Waals surface area contributed by atoms with Gasteiger partial charge >= 0.3 is 0 Å². The molecule has 2 aromatic carbocycles. The van der Waals surface area contributed by atoms with Crippen molar-refractivity contribution in [3.8, 4) is 0 Å². The van der Waals surface area contributed by atoms with E-state index < -0.39 is 6.10 Å². The lowest BCUT2D eigenvalue weighted by atomic mass is 9.99. The van der Waals surface area contributed by atoms with Gasteiger partial charge in [0, 0.05) is 12.8 Å². The van der Waals surface area contributed by atoms with Crippen LogP contribution < -0.4 is 0 Å². The molecular formula is C18H18O2. The summed E-state index contributed by atoms with van der Waals surface area (Å²) >= 11 is 0. The van der Waals surface area contributed by atoms with Crippen molar-refractivity contribution in [2.75, 3.05) is 0 Å². The van der Waals surface area contributed by atoms with E-state index in [2.05, 4.69) is 24.3 Å². The third-order valence-electron chi connectivity index (χ3n) is 3.65. The highest BCUT2D eigenvalue weighted by atomic mass is 16.4. The van der Waals surface area contributed by atoms with E-state index >= 15 is 0 Å². The molecule has 1 unspecified atom stereocenters. The second-order valence-corrected chi connectivity index (χ2v) is 5.02. The van der Waals surface area contributed by atoms with Crippen LogP contribution in [0.15, 0.2) is 59.0 Å². The zero-order valence-electron chi connectivity index (χ0n) is 11.5. The van der Waals surface area contributed by atoms with Gasteiger partial charge in [0.1, 0.15) is 17.6 Å². The molecule has 0 saturated heterocycles. The summed E-state index contributed by atoms with van der Waals surface area (Å²) in [5, 5.41) is 12.7. The van der Waals surface area contributed by atoms with E-state index in [1.54, 1.807) is 0 Å². The van der Waals surface area contributed by atoms with Gasteiger partial charge < -0.3 is 9.52 Å². The van der Waals surface area contributed by atoms with Crippen molar-refractivity contribution in [3.63, 3.8) is 0 Å². The van der Waals surface area contributed by atoms with Crippen molar-refractivity contribution in [2.45, 2.75) is 25.9 Å². The number of furan rings is 1. The molecule has 2 heteroatoms. The summed E-state index contributed by atoms with van der Waals surface area (Å²) in [4.78, 5) is 0. The van der Waals surface area contributed by atoms with Crippen LogP contribution in [-0.4, -0.2) is 5.11 Å². The van der Waals surface area contributed by atoms with Crippen molar-refractivity contribution in [3.05, 3.63) is 71.7 Å². The normalized spacial score (nSPS) is 12.7. The highest BCUT2D eigenvalue weighted by molar-refractivity contribution is 5.85. The van der Waals surface area contributed by atoms with E-state index in [-0.39, 0.29) is 0 Å². The van der Waals surface area contributed by atoms with E-state index in [4.69, 9.17) is 4.42 Å². The van der Waals surface area contributed by atoms with E-state index in [1.165, 1.54) is 10.8 Å². The van der Waals surface area contributed by atoms with Gasteiger partial charge in [0.2, 0.25) is 0 Å². The molecule has 0 aliphatic carbocycles. The molecule has 0 fully saturated rings. The number of aliphatic hydroxyl groups excluding tert-OH is 1. The summed E-state index contributed by atoms with van der Waals surface area (Å²) in [6, 6.07) is 18.2. The van der Waals surface area contributed by atoms with Gasteiger partial charge in [-0.15, -0.1) is 0 Å². The van der Waals surface area contributed by atoms with E-state index in [1.807, 2.05) is 37.3 Å². The Morgan fingerprint density at radius 3 is 2.60 bits per heavy atom.